The van der Waals surface area contributed by atoms with Gasteiger partial charge in [-0.3, -0.25) is 4.98 Å². The Morgan fingerprint density at radius 1 is 0.833 bits per heavy atom. The van der Waals surface area contributed by atoms with E-state index in [9.17, 15) is 4.57 Å². The second-order valence-electron chi connectivity index (χ2n) is 5.62. The summed E-state index contributed by atoms with van der Waals surface area (Å²) in [7, 11) is -3.04. The lowest BCUT2D eigenvalue weighted by Crippen LogP contribution is -2.31. The van der Waals surface area contributed by atoms with Crippen LogP contribution < -0.4 is 16.0 Å². The predicted octanol–water partition coefficient (Wildman–Crippen LogP) is 3.24. The van der Waals surface area contributed by atoms with Gasteiger partial charge in [0, 0.05) is 16.8 Å². The van der Waals surface area contributed by atoms with Gasteiger partial charge >= 0.3 is 0 Å². The molecule has 0 aliphatic rings. The highest BCUT2D eigenvalue weighted by molar-refractivity contribution is 7.85. The number of rotatable bonds is 5. The highest BCUT2D eigenvalue weighted by Gasteiger charge is 2.33. The number of nitrogens with zero attached hydrogens (tertiary/aromatic N) is 2. The number of benzene rings is 2. The fraction of sp³-hybridized carbons (Fsp3) is 0.200. The summed E-state index contributed by atoms with van der Waals surface area (Å²) < 4.78 is 14.4. The van der Waals surface area contributed by atoms with Crippen LogP contribution in [-0.2, 0) is 17.4 Å². The molecule has 3 rings (SSSR count). The van der Waals surface area contributed by atoms with Crippen molar-refractivity contribution >= 4 is 23.2 Å². The number of aryl methyl sites for hydroxylation is 2. The van der Waals surface area contributed by atoms with Gasteiger partial charge in [-0.15, -0.1) is 0 Å². The minimum atomic E-state index is -3.04. The first-order chi connectivity index (χ1) is 11.7. The maximum atomic E-state index is 14.4. The standard InChI is InChI=1S/C20H21N2OP/c1-3-16-15-21-19(4-2)20(22-16)24(23,17-11-7-5-8-12-17)18-13-9-6-10-14-18/h5-15H,3-4H2,1-2H3. The van der Waals surface area contributed by atoms with Crippen LogP contribution in [0.2, 0.25) is 0 Å². The molecular weight excluding hydrogens is 315 g/mol. The minimum absolute atomic E-state index is 0.627. The van der Waals surface area contributed by atoms with E-state index in [0.29, 0.717) is 11.9 Å². The molecule has 0 aliphatic carbocycles. The van der Waals surface area contributed by atoms with E-state index in [1.165, 1.54) is 0 Å². The van der Waals surface area contributed by atoms with Crippen LogP contribution in [0.25, 0.3) is 0 Å². The summed E-state index contributed by atoms with van der Waals surface area (Å²) in [5, 5.41) is 1.60. The molecule has 0 bridgehead atoms. The summed E-state index contributed by atoms with van der Waals surface area (Å²) >= 11 is 0. The molecule has 0 saturated heterocycles. The lowest BCUT2D eigenvalue weighted by atomic mass is 10.3. The van der Waals surface area contributed by atoms with Crippen molar-refractivity contribution in [1.29, 1.82) is 0 Å². The second-order valence-corrected chi connectivity index (χ2v) is 8.29. The summed E-state index contributed by atoms with van der Waals surface area (Å²) in [6.45, 7) is 4.06. The second kappa shape index (κ2) is 7.11. The van der Waals surface area contributed by atoms with Crippen molar-refractivity contribution in [2.45, 2.75) is 26.7 Å². The molecule has 0 spiro atoms. The fourth-order valence-electron chi connectivity index (χ4n) is 2.78. The lowest BCUT2D eigenvalue weighted by Gasteiger charge is -2.21. The van der Waals surface area contributed by atoms with E-state index in [1.807, 2.05) is 74.5 Å². The van der Waals surface area contributed by atoms with E-state index >= 15 is 0 Å². The van der Waals surface area contributed by atoms with Crippen molar-refractivity contribution < 1.29 is 4.57 Å². The summed E-state index contributed by atoms with van der Waals surface area (Å²) in [6.07, 6.45) is 3.27. The lowest BCUT2D eigenvalue weighted by molar-refractivity contribution is 0.591. The van der Waals surface area contributed by atoms with E-state index in [4.69, 9.17) is 4.98 Å². The molecule has 0 radical (unpaired) electrons. The molecule has 0 aliphatic heterocycles. The average Bonchev–Trinajstić information content (AvgIpc) is 2.68. The van der Waals surface area contributed by atoms with Crippen molar-refractivity contribution in [1.82, 2.24) is 9.97 Å². The summed E-state index contributed by atoms with van der Waals surface area (Å²) in [6, 6.07) is 19.3. The summed E-state index contributed by atoms with van der Waals surface area (Å²) in [4.78, 5) is 9.31. The van der Waals surface area contributed by atoms with Crippen LogP contribution in [0.3, 0.4) is 0 Å². The Hall–Kier alpha value is -2.25. The molecule has 24 heavy (non-hydrogen) atoms. The van der Waals surface area contributed by atoms with Gasteiger partial charge in [0.1, 0.15) is 5.44 Å². The first-order valence-electron chi connectivity index (χ1n) is 8.26. The molecule has 2 aromatic carbocycles. The van der Waals surface area contributed by atoms with E-state index < -0.39 is 7.14 Å². The van der Waals surface area contributed by atoms with E-state index in [0.717, 1.165) is 28.4 Å². The van der Waals surface area contributed by atoms with Gasteiger partial charge in [0.2, 0.25) is 0 Å². The van der Waals surface area contributed by atoms with Crippen molar-refractivity contribution in [3.05, 3.63) is 78.2 Å². The molecule has 0 N–H and O–H groups in total. The molecule has 122 valence electrons. The number of aromatic nitrogens is 2. The Kier molecular flexibility index (Phi) is 4.92. The molecule has 0 atom stereocenters. The summed E-state index contributed by atoms with van der Waals surface area (Å²) in [5.41, 5.74) is 2.30. The zero-order chi connectivity index (χ0) is 17.0. The molecule has 0 fully saturated rings. The Balaban J connectivity index is 2.34. The predicted molar refractivity (Wildman–Crippen MR) is 100 cm³/mol. The largest absolute Gasteiger partial charge is 0.307 e. The minimum Gasteiger partial charge on any atom is -0.307 e. The highest BCUT2D eigenvalue weighted by Crippen LogP contribution is 2.42. The van der Waals surface area contributed by atoms with Gasteiger partial charge in [0.05, 0.1) is 11.4 Å². The fourth-order valence-corrected chi connectivity index (χ4v) is 5.60. The zero-order valence-electron chi connectivity index (χ0n) is 14.0. The molecular formula is C20H21N2OP. The van der Waals surface area contributed by atoms with Gasteiger partial charge in [0.25, 0.3) is 0 Å². The molecule has 4 heteroatoms. The first-order valence-corrected chi connectivity index (χ1v) is 9.97. The average molecular weight is 336 g/mol. The van der Waals surface area contributed by atoms with Crippen LogP contribution in [0, 0.1) is 0 Å². The number of hydrogen-bond acceptors (Lipinski definition) is 3. The van der Waals surface area contributed by atoms with Crippen LogP contribution in [0.15, 0.2) is 66.9 Å². The first kappa shape index (κ1) is 16.6. The van der Waals surface area contributed by atoms with E-state index in [1.54, 1.807) is 6.20 Å². The van der Waals surface area contributed by atoms with Crippen molar-refractivity contribution in [3.63, 3.8) is 0 Å². The van der Waals surface area contributed by atoms with E-state index in [-0.39, 0.29) is 0 Å². The molecule has 1 heterocycles. The highest BCUT2D eigenvalue weighted by atomic mass is 31.2. The molecule has 0 saturated carbocycles. The third-order valence-corrected chi connectivity index (χ3v) is 7.12. The van der Waals surface area contributed by atoms with Gasteiger partial charge in [-0.05, 0) is 12.8 Å². The molecule has 0 amide bonds. The van der Waals surface area contributed by atoms with Crippen molar-refractivity contribution in [3.8, 4) is 0 Å². The Labute approximate surface area is 143 Å². The maximum absolute atomic E-state index is 14.4. The Bertz CT molecular complexity index is 820. The SMILES string of the molecule is CCc1cnc(CC)c(P(=O)(c2ccccc2)c2ccccc2)n1. The molecule has 1 aromatic heterocycles. The Morgan fingerprint density at radius 2 is 1.38 bits per heavy atom. The molecule has 0 unspecified atom stereocenters. The Morgan fingerprint density at radius 3 is 1.83 bits per heavy atom. The van der Waals surface area contributed by atoms with Crippen LogP contribution >= 0.6 is 7.14 Å². The smallest absolute Gasteiger partial charge is 0.190 e. The zero-order valence-corrected chi connectivity index (χ0v) is 14.9. The van der Waals surface area contributed by atoms with Crippen LogP contribution in [-0.4, -0.2) is 9.97 Å². The van der Waals surface area contributed by atoms with Crippen LogP contribution in [0.5, 0.6) is 0 Å². The third-order valence-electron chi connectivity index (χ3n) is 4.11. The molecule has 3 aromatic rings. The van der Waals surface area contributed by atoms with E-state index in [2.05, 4.69) is 4.98 Å². The number of hydrogen-bond donors (Lipinski definition) is 0. The van der Waals surface area contributed by atoms with Crippen LogP contribution in [0.4, 0.5) is 0 Å². The maximum Gasteiger partial charge on any atom is 0.190 e. The van der Waals surface area contributed by atoms with Crippen molar-refractivity contribution in [2.75, 3.05) is 0 Å². The topological polar surface area (TPSA) is 42.9 Å². The monoisotopic (exact) mass is 336 g/mol. The van der Waals surface area contributed by atoms with Gasteiger partial charge in [-0.1, -0.05) is 74.5 Å². The molecule has 3 nitrogen and oxygen atoms in total. The quantitative estimate of drug-likeness (QED) is 0.672. The van der Waals surface area contributed by atoms with Gasteiger partial charge in [0.15, 0.2) is 7.14 Å². The third kappa shape index (κ3) is 2.92. The van der Waals surface area contributed by atoms with Gasteiger partial charge in [-0.2, -0.15) is 0 Å². The summed E-state index contributed by atoms with van der Waals surface area (Å²) in [5.74, 6) is 0. The van der Waals surface area contributed by atoms with Crippen molar-refractivity contribution in [2.24, 2.45) is 0 Å². The normalized spacial score (nSPS) is 11.4. The van der Waals surface area contributed by atoms with Gasteiger partial charge < -0.3 is 4.57 Å². The van der Waals surface area contributed by atoms with Gasteiger partial charge in [-0.25, -0.2) is 4.98 Å². The van der Waals surface area contributed by atoms with Crippen LogP contribution in [0.1, 0.15) is 25.2 Å².